The molecule has 1 fully saturated rings. The smallest absolute Gasteiger partial charge is 0.0439 e. The molecule has 1 saturated heterocycles. The zero-order chi connectivity index (χ0) is 9.68. The van der Waals surface area contributed by atoms with Gasteiger partial charge in [-0.25, -0.2) is 0 Å². The number of hydrogen-bond donors (Lipinski definition) is 0. The molecule has 0 aromatic rings. The summed E-state index contributed by atoms with van der Waals surface area (Å²) >= 11 is 0. The second-order valence-electron chi connectivity index (χ2n) is 3.51. The van der Waals surface area contributed by atoms with Gasteiger partial charge in [0.1, 0.15) is 0 Å². The Morgan fingerprint density at radius 2 is 1.23 bits per heavy atom. The van der Waals surface area contributed by atoms with Crippen molar-refractivity contribution in [2.24, 2.45) is 0 Å². The molecule has 3 nitrogen and oxygen atoms in total. The van der Waals surface area contributed by atoms with Crippen molar-refractivity contribution < 1.29 is 0 Å². The Labute approximate surface area is 82.3 Å². The zero-order valence-corrected chi connectivity index (χ0v) is 8.45. The Hall–Kier alpha value is -0.120. The third-order valence-electron chi connectivity index (χ3n) is 2.53. The van der Waals surface area contributed by atoms with E-state index in [1.54, 1.807) is 0 Å². The van der Waals surface area contributed by atoms with Gasteiger partial charge in [0.05, 0.1) is 0 Å². The monoisotopic (exact) mass is 181 g/mol. The van der Waals surface area contributed by atoms with Crippen molar-refractivity contribution in [3.8, 4) is 0 Å². The molecule has 0 saturated carbocycles. The predicted molar refractivity (Wildman–Crippen MR) is 53.9 cm³/mol. The maximum absolute atomic E-state index is 5.78. The van der Waals surface area contributed by atoms with E-state index in [1.165, 1.54) is 0 Å². The van der Waals surface area contributed by atoms with E-state index in [-0.39, 0.29) is 0 Å². The summed E-state index contributed by atoms with van der Waals surface area (Å²) in [6, 6.07) is 0. The molecule has 74 valence electrons. The van der Waals surface area contributed by atoms with Crippen LogP contribution in [0.3, 0.4) is 0 Å². The number of nitrogens with zero attached hydrogens (tertiary/aromatic N) is 3. The normalized spacial score (nSPS) is 25.2. The molecule has 1 aliphatic heterocycles. The minimum atomic E-state index is 0.855. The summed E-state index contributed by atoms with van der Waals surface area (Å²) in [6.07, 6.45) is 0. The first-order chi connectivity index (χ1) is 6.22. The summed E-state index contributed by atoms with van der Waals surface area (Å²) in [6.45, 7) is 8.90. The minimum absolute atomic E-state index is 0.855. The van der Waals surface area contributed by atoms with Crippen molar-refractivity contribution in [2.75, 3.05) is 45.8 Å². The van der Waals surface area contributed by atoms with Crippen LogP contribution in [0, 0.1) is 14.1 Å². The van der Waals surface area contributed by atoms with Gasteiger partial charge in [-0.1, -0.05) is 6.92 Å². The maximum atomic E-state index is 5.78. The van der Waals surface area contributed by atoms with Crippen molar-refractivity contribution in [2.45, 2.75) is 6.92 Å². The lowest BCUT2D eigenvalue weighted by molar-refractivity contribution is 0.254. The van der Waals surface area contributed by atoms with Crippen LogP contribution in [0.15, 0.2) is 0 Å². The fourth-order valence-corrected chi connectivity index (χ4v) is 1.45. The molecule has 4 radical (unpaired) electrons. The summed E-state index contributed by atoms with van der Waals surface area (Å²) in [4.78, 5) is 6.05. The molecule has 0 aromatic heterocycles. The molecule has 0 atom stereocenters. The highest BCUT2D eigenvalue weighted by atomic mass is 15.2. The molecular weight excluding hydrogens is 162 g/mol. The number of hydrogen-bond acceptors (Lipinski definition) is 3. The lowest BCUT2D eigenvalue weighted by Crippen LogP contribution is -2.33. The third kappa shape index (κ3) is 4.07. The first-order valence-electron chi connectivity index (χ1n) is 4.94. The van der Waals surface area contributed by atoms with E-state index < -0.39 is 0 Å². The van der Waals surface area contributed by atoms with Crippen LogP contribution in [0.4, 0.5) is 0 Å². The predicted octanol–water partition coefficient (Wildman–Crippen LogP) is 0.263. The second kappa shape index (κ2) is 5.58. The molecule has 0 aliphatic carbocycles. The summed E-state index contributed by atoms with van der Waals surface area (Å²) in [5, 5.41) is 0. The fourth-order valence-electron chi connectivity index (χ4n) is 1.45. The second-order valence-corrected chi connectivity index (χ2v) is 3.51. The lowest BCUT2D eigenvalue weighted by Gasteiger charge is -2.21. The Balaban J connectivity index is 2.39. The van der Waals surface area contributed by atoms with E-state index in [4.69, 9.17) is 14.1 Å². The fraction of sp³-hybridized carbons (Fsp3) is 0.800. The van der Waals surface area contributed by atoms with E-state index in [1.807, 2.05) is 9.80 Å². The highest BCUT2D eigenvalue weighted by Gasteiger charge is 2.10. The van der Waals surface area contributed by atoms with E-state index in [9.17, 15) is 0 Å². The Kier molecular flexibility index (Phi) is 4.70. The lowest BCUT2D eigenvalue weighted by atomic mass is 10.4. The van der Waals surface area contributed by atoms with E-state index in [2.05, 4.69) is 11.8 Å². The Morgan fingerprint density at radius 1 is 0.846 bits per heavy atom. The minimum Gasteiger partial charge on any atom is -0.301 e. The van der Waals surface area contributed by atoms with Crippen molar-refractivity contribution in [3.05, 3.63) is 14.1 Å². The Bertz CT molecular complexity index is 124. The summed E-state index contributed by atoms with van der Waals surface area (Å²) in [5.74, 6) is 0. The van der Waals surface area contributed by atoms with E-state index in [0.29, 0.717) is 0 Å². The molecule has 3 heteroatoms. The molecular formula is C10H19N3. The topological polar surface area (TPSA) is 9.72 Å². The maximum Gasteiger partial charge on any atom is 0.0439 e. The van der Waals surface area contributed by atoms with Crippen LogP contribution in [0.1, 0.15) is 6.92 Å². The molecule has 0 unspecified atom stereocenters. The molecule has 1 aliphatic rings. The first-order valence-corrected chi connectivity index (χ1v) is 4.94. The molecule has 0 N–H and O–H groups in total. The molecule has 0 aromatic carbocycles. The van der Waals surface area contributed by atoms with E-state index >= 15 is 0 Å². The van der Waals surface area contributed by atoms with Crippen LogP contribution in [-0.4, -0.2) is 60.5 Å². The highest BCUT2D eigenvalue weighted by Crippen LogP contribution is 1.97. The molecule has 13 heavy (non-hydrogen) atoms. The van der Waals surface area contributed by atoms with Gasteiger partial charge in [-0.05, 0) is 6.54 Å². The SMILES string of the molecule is [CH]N1CCN([CH])CCN(CC)CC1. The molecule has 1 heterocycles. The van der Waals surface area contributed by atoms with Gasteiger partial charge < -0.3 is 4.90 Å². The van der Waals surface area contributed by atoms with Crippen LogP contribution in [0.5, 0.6) is 0 Å². The van der Waals surface area contributed by atoms with Crippen LogP contribution < -0.4 is 0 Å². The number of likely N-dealkylation sites (N-methyl/N-ethyl adjacent to an activating group) is 1. The van der Waals surface area contributed by atoms with Gasteiger partial charge in [0.15, 0.2) is 0 Å². The van der Waals surface area contributed by atoms with Gasteiger partial charge in [-0.15, -0.1) is 0 Å². The zero-order valence-electron chi connectivity index (χ0n) is 8.45. The van der Waals surface area contributed by atoms with Crippen LogP contribution in [0.25, 0.3) is 0 Å². The van der Waals surface area contributed by atoms with Crippen molar-refractivity contribution in [3.63, 3.8) is 0 Å². The van der Waals surface area contributed by atoms with E-state index in [0.717, 1.165) is 45.8 Å². The third-order valence-corrected chi connectivity index (χ3v) is 2.53. The molecule has 1 rings (SSSR count). The first kappa shape index (κ1) is 11.0. The van der Waals surface area contributed by atoms with Crippen LogP contribution >= 0.6 is 0 Å². The Morgan fingerprint density at radius 3 is 1.62 bits per heavy atom. The molecule has 0 spiro atoms. The van der Waals surface area contributed by atoms with Crippen molar-refractivity contribution in [1.29, 1.82) is 0 Å². The van der Waals surface area contributed by atoms with Crippen LogP contribution in [-0.2, 0) is 0 Å². The molecule has 0 bridgehead atoms. The van der Waals surface area contributed by atoms with Gasteiger partial charge >= 0.3 is 0 Å². The summed E-state index contributed by atoms with van der Waals surface area (Å²) < 4.78 is 0. The van der Waals surface area contributed by atoms with Gasteiger partial charge in [0.2, 0.25) is 0 Å². The summed E-state index contributed by atoms with van der Waals surface area (Å²) in [5.41, 5.74) is 0. The number of rotatable bonds is 1. The quantitative estimate of drug-likeness (QED) is 0.574. The highest BCUT2D eigenvalue weighted by molar-refractivity contribution is 4.69. The van der Waals surface area contributed by atoms with Gasteiger partial charge in [-0.2, -0.15) is 0 Å². The molecule has 0 amide bonds. The van der Waals surface area contributed by atoms with Gasteiger partial charge in [-0.3, -0.25) is 9.80 Å². The largest absolute Gasteiger partial charge is 0.301 e. The average Bonchev–Trinajstić information content (AvgIpc) is 2.20. The van der Waals surface area contributed by atoms with Crippen LogP contribution in [0.2, 0.25) is 0 Å². The summed E-state index contributed by atoms with van der Waals surface area (Å²) in [7, 11) is 11.6. The van der Waals surface area contributed by atoms with Gasteiger partial charge in [0.25, 0.3) is 0 Å². The average molecular weight is 181 g/mol. The van der Waals surface area contributed by atoms with Crippen molar-refractivity contribution >= 4 is 0 Å². The van der Waals surface area contributed by atoms with Crippen molar-refractivity contribution in [1.82, 2.24) is 14.7 Å². The van der Waals surface area contributed by atoms with Gasteiger partial charge in [0, 0.05) is 53.4 Å². The standard InChI is InChI=1S/C10H19N3/c1-4-13-9-7-11(2)5-6-12(3)8-10-13/h2-3H,4-10H2,1H3.